The molecular weight excluding hydrogens is 295 g/mol. The van der Waals surface area contributed by atoms with Crippen LogP contribution in [0.5, 0.6) is 0 Å². The number of hydrogen-bond acceptors (Lipinski definition) is 3. The van der Waals surface area contributed by atoms with Crippen LogP contribution in [-0.2, 0) is 0 Å². The van der Waals surface area contributed by atoms with Crippen LogP contribution in [0.3, 0.4) is 0 Å². The highest BCUT2D eigenvalue weighted by molar-refractivity contribution is 14.1. The van der Waals surface area contributed by atoms with E-state index in [9.17, 15) is 4.79 Å². The predicted molar refractivity (Wildman–Crippen MR) is 61.0 cm³/mol. The Morgan fingerprint density at radius 3 is 2.93 bits per heavy atom. The summed E-state index contributed by atoms with van der Waals surface area (Å²) >= 11 is 2.10. The van der Waals surface area contributed by atoms with E-state index in [1.54, 1.807) is 19.3 Å². The molecule has 0 bridgehead atoms. The van der Waals surface area contributed by atoms with Crippen molar-refractivity contribution in [3.8, 4) is 0 Å². The summed E-state index contributed by atoms with van der Waals surface area (Å²) in [5, 5.41) is 8.68. The Hall–Kier alpha value is -0.690. The fourth-order valence-electron chi connectivity index (χ4n) is 1.00. The highest BCUT2D eigenvalue weighted by atomic mass is 127. The maximum atomic E-state index is 11.7. The highest BCUT2D eigenvalue weighted by Crippen LogP contribution is 2.07. The van der Waals surface area contributed by atoms with Crippen LogP contribution < -0.4 is 0 Å². The molecule has 0 atom stereocenters. The minimum atomic E-state index is -0.120. The molecule has 0 aromatic carbocycles. The number of rotatable bonds is 3. The molecule has 76 valence electrons. The summed E-state index contributed by atoms with van der Waals surface area (Å²) in [5.41, 5.74) is 0.549. The van der Waals surface area contributed by atoms with Gasteiger partial charge in [0.1, 0.15) is 0 Å². The van der Waals surface area contributed by atoms with Gasteiger partial charge in [0.05, 0.1) is 12.2 Å². The van der Waals surface area contributed by atoms with E-state index in [-0.39, 0.29) is 12.5 Å². The summed E-state index contributed by atoms with van der Waals surface area (Å²) in [6.45, 7) is 0.309. The Morgan fingerprint density at radius 1 is 1.64 bits per heavy atom. The smallest absolute Gasteiger partial charge is 0.255 e. The van der Waals surface area contributed by atoms with E-state index in [1.165, 1.54) is 11.1 Å². The predicted octanol–water partition coefficient (Wildman–Crippen LogP) is 0.750. The van der Waals surface area contributed by atoms with Gasteiger partial charge < -0.3 is 10.0 Å². The number of aliphatic hydroxyl groups is 1. The first-order chi connectivity index (χ1) is 6.65. The molecule has 0 saturated carbocycles. The highest BCUT2D eigenvalue weighted by Gasteiger charge is 2.11. The summed E-state index contributed by atoms with van der Waals surface area (Å²) in [6.07, 6.45) is 3.21. The Labute approximate surface area is 96.1 Å². The lowest BCUT2D eigenvalue weighted by molar-refractivity contribution is 0.0766. The average Bonchev–Trinajstić information content (AvgIpc) is 2.17. The van der Waals surface area contributed by atoms with Crippen molar-refractivity contribution in [3.63, 3.8) is 0 Å². The second-order valence-corrected chi connectivity index (χ2v) is 4.09. The summed E-state index contributed by atoms with van der Waals surface area (Å²) in [5.74, 6) is -0.120. The quantitative estimate of drug-likeness (QED) is 0.839. The van der Waals surface area contributed by atoms with Crippen LogP contribution in [0.2, 0.25) is 0 Å². The first-order valence-corrected chi connectivity index (χ1v) is 5.20. The summed E-state index contributed by atoms with van der Waals surface area (Å²) in [4.78, 5) is 17.1. The monoisotopic (exact) mass is 306 g/mol. The van der Waals surface area contributed by atoms with Gasteiger partial charge in [-0.3, -0.25) is 9.78 Å². The van der Waals surface area contributed by atoms with Gasteiger partial charge in [-0.1, -0.05) is 0 Å². The Kier molecular flexibility index (Phi) is 4.27. The molecular formula is C9H11IN2O2. The van der Waals surface area contributed by atoms with E-state index < -0.39 is 0 Å². The molecule has 4 nitrogen and oxygen atoms in total. The van der Waals surface area contributed by atoms with Crippen molar-refractivity contribution in [2.24, 2.45) is 0 Å². The maximum absolute atomic E-state index is 11.7. The first-order valence-electron chi connectivity index (χ1n) is 4.12. The number of aliphatic hydroxyl groups excluding tert-OH is 1. The van der Waals surface area contributed by atoms with Gasteiger partial charge in [0.15, 0.2) is 0 Å². The largest absolute Gasteiger partial charge is 0.395 e. The number of halogens is 1. The second-order valence-electron chi connectivity index (χ2n) is 2.84. The molecule has 0 fully saturated rings. The minimum Gasteiger partial charge on any atom is -0.395 e. The average molecular weight is 306 g/mol. The van der Waals surface area contributed by atoms with Gasteiger partial charge in [0.2, 0.25) is 0 Å². The zero-order valence-corrected chi connectivity index (χ0v) is 9.93. The van der Waals surface area contributed by atoms with Crippen LogP contribution >= 0.6 is 22.6 Å². The van der Waals surface area contributed by atoms with Gasteiger partial charge in [-0.2, -0.15) is 0 Å². The molecule has 1 N–H and O–H groups in total. The standard InChI is InChI=1S/C9H11IN2O2/c1-12(2-3-13)9(14)7-4-8(10)6-11-5-7/h4-6,13H,2-3H2,1H3. The third-order valence-corrected chi connectivity index (χ3v) is 2.32. The second kappa shape index (κ2) is 5.26. The fraction of sp³-hybridized carbons (Fsp3) is 0.333. The molecule has 1 aromatic rings. The van der Waals surface area contributed by atoms with Crippen molar-refractivity contribution >= 4 is 28.5 Å². The van der Waals surface area contributed by atoms with Crippen molar-refractivity contribution in [2.45, 2.75) is 0 Å². The molecule has 1 rings (SSSR count). The third-order valence-electron chi connectivity index (χ3n) is 1.73. The van der Waals surface area contributed by atoms with Gasteiger partial charge in [-0.05, 0) is 28.7 Å². The lowest BCUT2D eigenvalue weighted by Crippen LogP contribution is -2.29. The van der Waals surface area contributed by atoms with Crippen molar-refractivity contribution in [1.82, 2.24) is 9.88 Å². The zero-order valence-electron chi connectivity index (χ0n) is 7.77. The van der Waals surface area contributed by atoms with Crippen LogP contribution in [0.15, 0.2) is 18.5 Å². The SMILES string of the molecule is CN(CCO)C(=O)c1cncc(I)c1. The third kappa shape index (κ3) is 2.91. The zero-order chi connectivity index (χ0) is 10.6. The van der Waals surface area contributed by atoms with Crippen molar-refractivity contribution in [1.29, 1.82) is 0 Å². The van der Waals surface area contributed by atoms with E-state index >= 15 is 0 Å². The first kappa shape index (κ1) is 11.4. The van der Waals surface area contributed by atoms with Gasteiger partial charge in [-0.15, -0.1) is 0 Å². The van der Waals surface area contributed by atoms with E-state index in [4.69, 9.17) is 5.11 Å². The van der Waals surface area contributed by atoms with Crippen LogP contribution in [0, 0.1) is 3.57 Å². The lowest BCUT2D eigenvalue weighted by Gasteiger charge is -2.15. The van der Waals surface area contributed by atoms with Crippen LogP contribution in [0.25, 0.3) is 0 Å². The summed E-state index contributed by atoms with van der Waals surface area (Å²) in [7, 11) is 1.65. The molecule has 5 heteroatoms. The Bertz CT molecular complexity index is 330. The van der Waals surface area contributed by atoms with Crippen molar-refractivity contribution in [3.05, 3.63) is 27.6 Å². The number of pyridine rings is 1. The number of hydrogen-bond donors (Lipinski definition) is 1. The fourth-order valence-corrected chi connectivity index (χ4v) is 1.50. The number of aromatic nitrogens is 1. The van der Waals surface area contributed by atoms with E-state index in [2.05, 4.69) is 27.6 Å². The summed E-state index contributed by atoms with van der Waals surface area (Å²) < 4.78 is 0.922. The molecule has 1 amide bonds. The van der Waals surface area contributed by atoms with Crippen LogP contribution in [0.4, 0.5) is 0 Å². The topological polar surface area (TPSA) is 53.4 Å². The van der Waals surface area contributed by atoms with Crippen molar-refractivity contribution in [2.75, 3.05) is 20.2 Å². The van der Waals surface area contributed by atoms with Gasteiger partial charge in [0.25, 0.3) is 5.91 Å². The number of amides is 1. The molecule has 0 aliphatic heterocycles. The van der Waals surface area contributed by atoms with E-state index in [1.807, 2.05) is 0 Å². The molecule has 0 saturated heterocycles. The van der Waals surface area contributed by atoms with E-state index in [0.29, 0.717) is 12.1 Å². The molecule has 1 heterocycles. The molecule has 0 radical (unpaired) electrons. The number of likely N-dealkylation sites (N-methyl/N-ethyl adjacent to an activating group) is 1. The number of carbonyl (C=O) groups is 1. The Morgan fingerprint density at radius 2 is 2.36 bits per heavy atom. The van der Waals surface area contributed by atoms with Crippen molar-refractivity contribution < 1.29 is 9.90 Å². The molecule has 1 aromatic heterocycles. The maximum Gasteiger partial charge on any atom is 0.255 e. The lowest BCUT2D eigenvalue weighted by atomic mass is 10.2. The molecule has 0 aliphatic carbocycles. The normalized spacial score (nSPS) is 9.93. The van der Waals surface area contributed by atoms with Crippen LogP contribution in [0.1, 0.15) is 10.4 Å². The van der Waals surface area contributed by atoms with E-state index in [0.717, 1.165) is 3.57 Å². The number of carbonyl (C=O) groups excluding carboxylic acids is 1. The minimum absolute atomic E-state index is 0.0282. The molecule has 0 unspecified atom stereocenters. The van der Waals surface area contributed by atoms with Gasteiger partial charge in [0, 0.05) is 29.6 Å². The van der Waals surface area contributed by atoms with Gasteiger partial charge >= 0.3 is 0 Å². The molecule has 14 heavy (non-hydrogen) atoms. The van der Waals surface area contributed by atoms with Gasteiger partial charge in [-0.25, -0.2) is 0 Å². The Balaban J connectivity index is 2.78. The number of nitrogens with zero attached hydrogens (tertiary/aromatic N) is 2. The summed E-state index contributed by atoms with van der Waals surface area (Å²) in [6, 6.07) is 1.77. The van der Waals surface area contributed by atoms with Crippen LogP contribution in [-0.4, -0.2) is 41.1 Å². The molecule has 0 aliphatic rings. The molecule has 0 spiro atoms.